The Morgan fingerprint density at radius 1 is 1.00 bits per heavy atom. The minimum atomic E-state index is -1.08. The smallest absolute Gasteiger partial charge is 0.322 e. The number of nitrogens with one attached hydrogen (secondary N) is 2. The molecule has 0 aromatic heterocycles. The zero-order valence-electron chi connectivity index (χ0n) is 23.2. The maximum atomic E-state index is 13.8. The Bertz CT molecular complexity index is 796. The maximum absolute atomic E-state index is 13.8. The first kappa shape index (κ1) is 30.0. The number of carbonyl (C=O) groups is 4. The van der Waals surface area contributed by atoms with Crippen LogP contribution in [-0.2, 0) is 19.2 Å². The molecule has 0 saturated carbocycles. The first-order chi connectivity index (χ1) is 16.7. The fourth-order valence-corrected chi connectivity index (χ4v) is 5.30. The molecule has 0 aliphatic carbocycles. The molecule has 3 amide bonds. The topological polar surface area (TPSA) is 122 Å². The van der Waals surface area contributed by atoms with E-state index < -0.39 is 30.0 Å². The van der Waals surface area contributed by atoms with Crippen molar-refractivity contribution in [2.75, 3.05) is 40.3 Å². The van der Waals surface area contributed by atoms with E-state index in [0.29, 0.717) is 19.5 Å². The quantitative estimate of drug-likeness (QED) is 0.404. The van der Waals surface area contributed by atoms with Gasteiger partial charge in [0.2, 0.25) is 17.7 Å². The number of hydrogen-bond donors (Lipinski definition) is 3. The van der Waals surface area contributed by atoms with Gasteiger partial charge in [0, 0.05) is 19.6 Å². The Labute approximate surface area is 216 Å². The molecule has 4 atom stereocenters. The van der Waals surface area contributed by atoms with Gasteiger partial charge >= 0.3 is 5.97 Å². The molecule has 2 heterocycles. The van der Waals surface area contributed by atoms with Gasteiger partial charge in [0.1, 0.15) is 12.6 Å². The fourth-order valence-electron chi connectivity index (χ4n) is 5.30. The average molecular weight is 510 g/mol. The zero-order valence-corrected chi connectivity index (χ0v) is 23.2. The highest BCUT2D eigenvalue weighted by Crippen LogP contribution is 2.26. The lowest BCUT2D eigenvalue weighted by Crippen LogP contribution is -2.61. The summed E-state index contributed by atoms with van der Waals surface area (Å²) in [5, 5.41) is 14.5. The Balaban J connectivity index is 2.15. The molecule has 2 fully saturated rings. The molecule has 0 aromatic carbocycles. The SMILES string of the molecule is CC(C)[C@@H](CN1CCC[C@H]1C(=O)NCC(=O)O)N(C)C(=O)[C@@H](NC(=O)C1CCCCN1C)C(C)(C)C. The summed E-state index contributed by atoms with van der Waals surface area (Å²) in [4.78, 5) is 56.3. The largest absolute Gasteiger partial charge is 0.480 e. The number of carboxylic acid groups (broad SMARTS) is 1. The highest BCUT2D eigenvalue weighted by molar-refractivity contribution is 5.90. The molecule has 0 spiro atoms. The van der Waals surface area contributed by atoms with E-state index in [1.165, 1.54) is 0 Å². The first-order valence-electron chi connectivity index (χ1n) is 13.2. The Hall–Kier alpha value is -2.20. The van der Waals surface area contributed by atoms with Crippen molar-refractivity contribution in [1.29, 1.82) is 0 Å². The van der Waals surface area contributed by atoms with Gasteiger partial charge in [-0.3, -0.25) is 29.0 Å². The van der Waals surface area contributed by atoms with Crippen molar-refractivity contribution in [1.82, 2.24) is 25.3 Å². The molecular formula is C26H47N5O5. The lowest BCUT2D eigenvalue weighted by Gasteiger charge is -2.41. The molecule has 2 saturated heterocycles. The third-order valence-electron chi connectivity index (χ3n) is 7.59. The number of carbonyl (C=O) groups excluding carboxylic acids is 3. The number of amides is 3. The number of carboxylic acids is 1. The predicted molar refractivity (Wildman–Crippen MR) is 138 cm³/mol. The molecule has 2 aliphatic heterocycles. The van der Waals surface area contributed by atoms with E-state index in [4.69, 9.17) is 5.11 Å². The first-order valence-corrected chi connectivity index (χ1v) is 13.2. The molecule has 10 nitrogen and oxygen atoms in total. The van der Waals surface area contributed by atoms with E-state index in [-0.39, 0.29) is 35.7 Å². The number of hydrogen-bond acceptors (Lipinski definition) is 6. The summed E-state index contributed by atoms with van der Waals surface area (Å²) >= 11 is 0. The second-order valence-corrected chi connectivity index (χ2v) is 11.8. The summed E-state index contributed by atoms with van der Waals surface area (Å²) in [7, 11) is 3.73. The number of piperidine rings is 1. The van der Waals surface area contributed by atoms with Gasteiger partial charge in [-0.25, -0.2) is 0 Å². The number of likely N-dealkylation sites (tertiary alicyclic amines) is 2. The molecule has 2 rings (SSSR count). The number of likely N-dealkylation sites (N-methyl/N-ethyl adjacent to an activating group) is 2. The van der Waals surface area contributed by atoms with Crippen LogP contribution in [-0.4, -0.2) is 108 Å². The van der Waals surface area contributed by atoms with Crippen LogP contribution in [0.15, 0.2) is 0 Å². The predicted octanol–water partition coefficient (Wildman–Crippen LogP) is 1.15. The van der Waals surface area contributed by atoms with Crippen LogP contribution in [0.3, 0.4) is 0 Å². The van der Waals surface area contributed by atoms with E-state index in [1.54, 1.807) is 11.9 Å². The monoisotopic (exact) mass is 509 g/mol. The van der Waals surface area contributed by atoms with Crippen molar-refractivity contribution >= 4 is 23.7 Å². The third kappa shape index (κ3) is 7.90. The van der Waals surface area contributed by atoms with Crippen LogP contribution >= 0.6 is 0 Å². The number of aliphatic carboxylic acids is 1. The van der Waals surface area contributed by atoms with Crippen molar-refractivity contribution in [2.24, 2.45) is 11.3 Å². The van der Waals surface area contributed by atoms with Crippen LogP contribution in [0.5, 0.6) is 0 Å². The van der Waals surface area contributed by atoms with Gasteiger partial charge in [0.05, 0.1) is 12.1 Å². The van der Waals surface area contributed by atoms with Crippen LogP contribution in [0.1, 0.15) is 66.7 Å². The molecule has 1 unspecified atom stereocenters. The molecule has 2 aliphatic rings. The third-order valence-corrected chi connectivity index (χ3v) is 7.59. The lowest BCUT2D eigenvalue weighted by atomic mass is 9.84. The number of nitrogens with zero attached hydrogens (tertiary/aromatic N) is 3. The van der Waals surface area contributed by atoms with Crippen LogP contribution < -0.4 is 10.6 Å². The normalized spacial score (nSPS) is 23.2. The minimum Gasteiger partial charge on any atom is -0.480 e. The average Bonchev–Trinajstić information content (AvgIpc) is 3.26. The molecule has 206 valence electrons. The standard InChI is InChI=1S/C26H47N5O5/c1-17(2)20(16-31-14-10-12-19(31)23(34)27-15-21(32)33)30(7)25(36)22(26(3,4)5)28-24(35)18-11-8-9-13-29(18)6/h17-20,22H,8-16H2,1-7H3,(H,27,34)(H,28,35)(H,32,33)/t18?,19-,20+,22+/m0/s1. The summed E-state index contributed by atoms with van der Waals surface area (Å²) in [6.07, 6.45) is 4.36. The van der Waals surface area contributed by atoms with E-state index in [1.807, 2.05) is 46.6 Å². The van der Waals surface area contributed by atoms with Gasteiger partial charge in [0.15, 0.2) is 0 Å². The van der Waals surface area contributed by atoms with E-state index >= 15 is 0 Å². The lowest BCUT2D eigenvalue weighted by molar-refractivity contribution is -0.143. The van der Waals surface area contributed by atoms with Crippen LogP contribution in [0.2, 0.25) is 0 Å². The van der Waals surface area contributed by atoms with Gasteiger partial charge in [-0.05, 0) is 57.2 Å². The van der Waals surface area contributed by atoms with E-state index in [9.17, 15) is 19.2 Å². The molecule has 0 aromatic rings. The van der Waals surface area contributed by atoms with Gasteiger partial charge in [-0.2, -0.15) is 0 Å². The summed E-state index contributed by atoms with van der Waals surface area (Å²) < 4.78 is 0. The minimum absolute atomic E-state index is 0.102. The highest BCUT2D eigenvalue weighted by Gasteiger charge is 2.41. The molecular weight excluding hydrogens is 462 g/mol. The van der Waals surface area contributed by atoms with Crippen LogP contribution in [0, 0.1) is 11.3 Å². The summed E-state index contributed by atoms with van der Waals surface area (Å²) in [5.41, 5.74) is -0.483. The summed E-state index contributed by atoms with van der Waals surface area (Å²) in [6, 6.07) is -1.49. The second-order valence-electron chi connectivity index (χ2n) is 11.8. The molecule has 10 heteroatoms. The van der Waals surface area contributed by atoms with Gasteiger partial charge in [-0.15, -0.1) is 0 Å². The van der Waals surface area contributed by atoms with Crippen LogP contribution in [0.25, 0.3) is 0 Å². The molecule has 3 N–H and O–H groups in total. The van der Waals surface area contributed by atoms with Crippen molar-refractivity contribution in [3.63, 3.8) is 0 Å². The number of rotatable bonds is 10. The Kier molecular flexibility index (Phi) is 10.7. The maximum Gasteiger partial charge on any atom is 0.322 e. The van der Waals surface area contributed by atoms with Gasteiger partial charge < -0.3 is 20.6 Å². The van der Waals surface area contributed by atoms with Crippen molar-refractivity contribution in [2.45, 2.75) is 90.9 Å². The zero-order chi connectivity index (χ0) is 27.2. The second kappa shape index (κ2) is 12.9. The summed E-state index contributed by atoms with van der Waals surface area (Å²) in [5.74, 6) is -1.49. The molecule has 0 radical (unpaired) electrons. The molecule has 36 heavy (non-hydrogen) atoms. The summed E-state index contributed by atoms with van der Waals surface area (Å²) in [6.45, 7) is 11.7. The van der Waals surface area contributed by atoms with Crippen molar-refractivity contribution in [3.8, 4) is 0 Å². The van der Waals surface area contributed by atoms with Crippen LogP contribution in [0.4, 0.5) is 0 Å². The Morgan fingerprint density at radius 3 is 2.19 bits per heavy atom. The fraction of sp³-hybridized carbons (Fsp3) is 0.846. The highest BCUT2D eigenvalue weighted by atomic mass is 16.4. The van der Waals surface area contributed by atoms with Crippen molar-refractivity contribution < 1.29 is 24.3 Å². The van der Waals surface area contributed by atoms with Crippen molar-refractivity contribution in [3.05, 3.63) is 0 Å². The van der Waals surface area contributed by atoms with E-state index in [0.717, 1.165) is 32.2 Å². The van der Waals surface area contributed by atoms with E-state index in [2.05, 4.69) is 15.5 Å². The Morgan fingerprint density at radius 2 is 1.64 bits per heavy atom. The molecule has 0 bridgehead atoms. The van der Waals surface area contributed by atoms with Gasteiger partial charge in [-0.1, -0.05) is 41.0 Å². The van der Waals surface area contributed by atoms with Gasteiger partial charge in [0.25, 0.3) is 0 Å².